The number of fused-ring (bicyclic) bond motifs is 1. The average Bonchev–Trinajstić information content (AvgIpc) is 2.76. The van der Waals surface area contributed by atoms with Crippen LogP contribution in [-0.4, -0.2) is 23.0 Å². The van der Waals surface area contributed by atoms with Crippen molar-refractivity contribution in [3.63, 3.8) is 0 Å². The number of carbonyl (C=O) groups is 1. The third-order valence-corrected chi connectivity index (χ3v) is 3.98. The van der Waals surface area contributed by atoms with Gasteiger partial charge >= 0.3 is 7.12 Å². The minimum atomic E-state index is -1.07. The van der Waals surface area contributed by atoms with Gasteiger partial charge in [-0.05, 0) is 43.1 Å². The lowest BCUT2D eigenvalue weighted by atomic mass is 9.78. The summed E-state index contributed by atoms with van der Waals surface area (Å²) in [5.41, 5.74) is 0.923. The number of hydrogen-bond acceptors (Lipinski definition) is 5. The van der Waals surface area contributed by atoms with Gasteiger partial charge in [0.05, 0.1) is 10.5 Å². The second-order valence-electron chi connectivity index (χ2n) is 6.01. The first-order chi connectivity index (χ1) is 11.3. The molecule has 24 heavy (non-hydrogen) atoms. The number of rotatable bonds is 3. The topological polar surface area (TPSA) is 102 Å². The van der Waals surface area contributed by atoms with Gasteiger partial charge in [0.1, 0.15) is 5.56 Å². The molecule has 2 aromatic carbocycles. The van der Waals surface area contributed by atoms with Crippen molar-refractivity contribution in [1.82, 2.24) is 0 Å². The molecular formula is C16H15BN2O5. The third kappa shape index (κ3) is 2.77. The Morgan fingerprint density at radius 2 is 2.00 bits per heavy atom. The molecule has 1 aliphatic heterocycles. The average molecular weight is 326 g/mol. The SMILES string of the molecule is CC1(C)OB(O)c2cc(NC(=O)c3ccccc3[N+](=O)[O-])ccc21. The first kappa shape index (κ1) is 16.2. The van der Waals surface area contributed by atoms with Crippen LogP contribution in [-0.2, 0) is 10.3 Å². The predicted molar refractivity (Wildman–Crippen MR) is 89.2 cm³/mol. The molecule has 0 spiro atoms. The van der Waals surface area contributed by atoms with Gasteiger partial charge in [-0.1, -0.05) is 18.2 Å². The van der Waals surface area contributed by atoms with E-state index in [1.807, 2.05) is 13.8 Å². The van der Waals surface area contributed by atoms with Crippen LogP contribution in [0.2, 0.25) is 0 Å². The van der Waals surface area contributed by atoms with Crippen molar-refractivity contribution in [2.75, 3.05) is 5.32 Å². The number of anilines is 1. The molecule has 0 saturated heterocycles. The number of nitrogens with one attached hydrogen (secondary N) is 1. The fraction of sp³-hybridized carbons (Fsp3) is 0.188. The molecule has 8 heteroatoms. The number of nitro benzene ring substituents is 1. The van der Waals surface area contributed by atoms with Crippen LogP contribution < -0.4 is 10.8 Å². The van der Waals surface area contributed by atoms with Crippen LogP contribution in [0.1, 0.15) is 29.8 Å². The van der Waals surface area contributed by atoms with Gasteiger partial charge in [-0.15, -0.1) is 0 Å². The molecule has 1 amide bonds. The standard InChI is InChI=1S/C16H15BN2O5/c1-16(2)12-8-7-10(9-13(12)17(21)24-16)18-15(20)11-5-3-4-6-14(11)19(22)23/h3-9,21H,1-2H3,(H,18,20). The van der Waals surface area contributed by atoms with Crippen LogP contribution in [0.5, 0.6) is 0 Å². The van der Waals surface area contributed by atoms with Crippen LogP contribution in [0, 0.1) is 10.1 Å². The maximum Gasteiger partial charge on any atom is 0.492 e. The summed E-state index contributed by atoms with van der Waals surface area (Å²) in [6, 6.07) is 10.8. The summed E-state index contributed by atoms with van der Waals surface area (Å²) in [4.78, 5) is 22.8. The van der Waals surface area contributed by atoms with Crippen molar-refractivity contribution in [2.24, 2.45) is 0 Å². The Morgan fingerprint density at radius 3 is 2.71 bits per heavy atom. The minimum absolute atomic E-state index is 0.0277. The lowest BCUT2D eigenvalue weighted by Crippen LogP contribution is -2.29. The molecule has 0 saturated carbocycles. The van der Waals surface area contributed by atoms with Gasteiger partial charge in [0, 0.05) is 11.8 Å². The Labute approximate surface area is 138 Å². The highest BCUT2D eigenvalue weighted by Gasteiger charge is 2.40. The second-order valence-corrected chi connectivity index (χ2v) is 6.01. The molecular weight excluding hydrogens is 311 g/mol. The van der Waals surface area contributed by atoms with Gasteiger partial charge in [-0.2, -0.15) is 0 Å². The highest BCUT2D eigenvalue weighted by atomic mass is 16.6. The van der Waals surface area contributed by atoms with Gasteiger partial charge in [0.2, 0.25) is 0 Å². The molecule has 3 rings (SSSR count). The summed E-state index contributed by atoms with van der Waals surface area (Å²) in [6.45, 7) is 3.68. The summed E-state index contributed by atoms with van der Waals surface area (Å²) in [5.74, 6) is -0.588. The van der Waals surface area contributed by atoms with Crippen molar-refractivity contribution in [2.45, 2.75) is 19.4 Å². The zero-order valence-electron chi connectivity index (χ0n) is 13.1. The van der Waals surface area contributed by atoms with Gasteiger partial charge in [0.25, 0.3) is 11.6 Å². The van der Waals surface area contributed by atoms with E-state index in [1.165, 1.54) is 18.2 Å². The number of nitro groups is 1. The fourth-order valence-electron chi connectivity index (χ4n) is 2.82. The van der Waals surface area contributed by atoms with E-state index in [2.05, 4.69) is 5.32 Å². The van der Waals surface area contributed by atoms with Crippen LogP contribution in [0.15, 0.2) is 42.5 Å². The number of nitrogens with zero attached hydrogens (tertiary/aromatic N) is 1. The van der Waals surface area contributed by atoms with Crippen molar-refractivity contribution in [1.29, 1.82) is 0 Å². The molecule has 7 nitrogen and oxygen atoms in total. The fourth-order valence-corrected chi connectivity index (χ4v) is 2.82. The first-order valence-corrected chi connectivity index (χ1v) is 7.34. The molecule has 0 radical (unpaired) electrons. The molecule has 2 aromatic rings. The zero-order chi connectivity index (χ0) is 17.5. The highest BCUT2D eigenvalue weighted by molar-refractivity contribution is 6.62. The van der Waals surface area contributed by atoms with Crippen LogP contribution in [0.25, 0.3) is 0 Å². The van der Waals surface area contributed by atoms with Gasteiger partial charge in [-0.25, -0.2) is 0 Å². The Bertz CT molecular complexity index is 837. The summed E-state index contributed by atoms with van der Waals surface area (Å²) < 4.78 is 5.47. The maximum atomic E-state index is 12.3. The second kappa shape index (κ2) is 5.74. The van der Waals surface area contributed by atoms with E-state index < -0.39 is 23.5 Å². The van der Waals surface area contributed by atoms with E-state index in [4.69, 9.17) is 4.65 Å². The van der Waals surface area contributed by atoms with Gasteiger partial charge in [0.15, 0.2) is 0 Å². The smallest absolute Gasteiger partial charge is 0.423 e. The van der Waals surface area contributed by atoms with Gasteiger partial charge < -0.3 is 15.0 Å². The number of carbonyl (C=O) groups excluding carboxylic acids is 1. The number of para-hydroxylation sites is 1. The summed E-state index contributed by atoms with van der Waals surface area (Å²) in [6.07, 6.45) is 0. The zero-order valence-corrected chi connectivity index (χ0v) is 13.1. The number of hydrogen-bond donors (Lipinski definition) is 2. The first-order valence-electron chi connectivity index (χ1n) is 7.34. The quantitative estimate of drug-likeness (QED) is 0.509. The lowest BCUT2D eigenvalue weighted by molar-refractivity contribution is -0.385. The van der Waals surface area contributed by atoms with E-state index in [1.54, 1.807) is 24.3 Å². The molecule has 0 aromatic heterocycles. The third-order valence-electron chi connectivity index (χ3n) is 3.98. The Hall–Kier alpha value is -2.71. The predicted octanol–water partition coefficient (Wildman–Crippen LogP) is 1.80. The Balaban J connectivity index is 1.89. The molecule has 1 aliphatic rings. The lowest BCUT2D eigenvalue weighted by Gasteiger charge is -2.19. The normalized spacial score (nSPS) is 15.0. The van der Waals surface area contributed by atoms with E-state index in [9.17, 15) is 19.9 Å². The summed E-state index contributed by atoms with van der Waals surface area (Å²) >= 11 is 0. The molecule has 0 bridgehead atoms. The van der Waals surface area contributed by atoms with Crippen molar-refractivity contribution in [3.8, 4) is 0 Å². The molecule has 0 unspecified atom stereocenters. The molecule has 0 atom stereocenters. The number of benzene rings is 2. The van der Waals surface area contributed by atoms with Crippen LogP contribution in [0.3, 0.4) is 0 Å². The minimum Gasteiger partial charge on any atom is -0.423 e. The summed E-state index contributed by atoms with van der Waals surface area (Å²) in [7, 11) is -1.07. The largest absolute Gasteiger partial charge is 0.492 e. The van der Waals surface area contributed by atoms with Crippen LogP contribution >= 0.6 is 0 Å². The molecule has 1 heterocycles. The molecule has 0 fully saturated rings. The van der Waals surface area contributed by atoms with Crippen molar-refractivity contribution < 1.29 is 19.4 Å². The molecule has 2 N–H and O–H groups in total. The number of amides is 1. The van der Waals surface area contributed by atoms with Crippen molar-refractivity contribution >= 4 is 29.9 Å². The Morgan fingerprint density at radius 1 is 1.29 bits per heavy atom. The van der Waals surface area contributed by atoms with E-state index >= 15 is 0 Å². The van der Waals surface area contributed by atoms with E-state index in [-0.39, 0.29) is 11.3 Å². The Kier molecular flexibility index (Phi) is 3.86. The highest BCUT2D eigenvalue weighted by Crippen LogP contribution is 2.31. The molecule has 122 valence electrons. The van der Waals surface area contributed by atoms with Crippen LogP contribution in [0.4, 0.5) is 11.4 Å². The van der Waals surface area contributed by atoms with Crippen molar-refractivity contribution in [3.05, 3.63) is 63.7 Å². The molecule has 0 aliphatic carbocycles. The monoisotopic (exact) mass is 326 g/mol. The van der Waals surface area contributed by atoms with Gasteiger partial charge in [-0.3, -0.25) is 14.9 Å². The van der Waals surface area contributed by atoms with E-state index in [0.29, 0.717) is 11.2 Å². The van der Waals surface area contributed by atoms with E-state index in [0.717, 1.165) is 5.56 Å². The summed E-state index contributed by atoms with van der Waals surface area (Å²) in [5, 5.41) is 23.6. The maximum absolute atomic E-state index is 12.3.